The average Bonchev–Trinajstić information content (AvgIpc) is 3.42. The number of carbonyl (C=O) groups excluding carboxylic acids is 2. The number of benzene rings is 3. The SMILES string of the molecule is CN(C)C(=O)Nc1cc(Oc2ccc(NC(=O)Nc3cc(C(C)(C)C)nn3-c3ccc(S(C)(=O)=O)cc3)c3ccccc23)ccn1. The van der Waals surface area contributed by atoms with E-state index in [1.54, 1.807) is 67.4 Å². The molecule has 13 heteroatoms. The Balaban J connectivity index is 1.40. The lowest BCUT2D eigenvalue weighted by Gasteiger charge is -2.15. The van der Waals surface area contributed by atoms with Crippen LogP contribution in [0.2, 0.25) is 0 Å². The third-order valence-electron chi connectivity index (χ3n) is 6.96. The fraction of sp³-hybridized carbons (Fsp3) is 0.212. The van der Waals surface area contributed by atoms with Gasteiger partial charge in [-0.05, 0) is 42.5 Å². The number of urea groups is 2. The molecular formula is C33H35N7O5S. The first-order valence-electron chi connectivity index (χ1n) is 14.3. The van der Waals surface area contributed by atoms with Gasteiger partial charge in [0.05, 0.1) is 22.0 Å². The number of ether oxygens (including phenoxy) is 1. The summed E-state index contributed by atoms with van der Waals surface area (Å²) in [4.78, 5) is 31.2. The van der Waals surface area contributed by atoms with E-state index >= 15 is 0 Å². The number of pyridine rings is 1. The van der Waals surface area contributed by atoms with Gasteiger partial charge in [0.1, 0.15) is 23.1 Å². The number of nitrogens with zero attached hydrogens (tertiary/aromatic N) is 4. The lowest BCUT2D eigenvalue weighted by atomic mass is 9.92. The molecule has 12 nitrogen and oxygen atoms in total. The number of carbonyl (C=O) groups is 2. The van der Waals surface area contributed by atoms with Crippen molar-refractivity contribution in [3.63, 3.8) is 0 Å². The summed E-state index contributed by atoms with van der Waals surface area (Å²) in [6, 6.07) is 21.6. The molecule has 4 amide bonds. The van der Waals surface area contributed by atoms with Crippen molar-refractivity contribution in [1.29, 1.82) is 0 Å². The Morgan fingerprint density at radius 2 is 1.57 bits per heavy atom. The van der Waals surface area contributed by atoms with Gasteiger partial charge in [-0.2, -0.15) is 5.10 Å². The van der Waals surface area contributed by atoms with Gasteiger partial charge in [0.15, 0.2) is 9.84 Å². The first-order valence-corrected chi connectivity index (χ1v) is 16.2. The second-order valence-corrected chi connectivity index (χ2v) is 13.9. The highest BCUT2D eigenvalue weighted by atomic mass is 32.2. The topological polar surface area (TPSA) is 148 Å². The van der Waals surface area contributed by atoms with E-state index in [4.69, 9.17) is 9.84 Å². The van der Waals surface area contributed by atoms with Crippen LogP contribution in [0.1, 0.15) is 26.5 Å². The average molecular weight is 642 g/mol. The molecule has 5 rings (SSSR count). The summed E-state index contributed by atoms with van der Waals surface area (Å²) in [6.45, 7) is 6.04. The zero-order chi connectivity index (χ0) is 33.2. The molecule has 0 bridgehead atoms. The number of nitrogens with one attached hydrogen (secondary N) is 3. The lowest BCUT2D eigenvalue weighted by molar-refractivity contribution is 0.230. The molecule has 0 unspecified atom stereocenters. The van der Waals surface area contributed by atoms with Crippen LogP contribution in [0.4, 0.5) is 26.9 Å². The maximum absolute atomic E-state index is 13.4. The molecule has 0 saturated heterocycles. The summed E-state index contributed by atoms with van der Waals surface area (Å²) >= 11 is 0. The second-order valence-electron chi connectivity index (χ2n) is 11.9. The molecule has 0 radical (unpaired) electrons. The molecule has 0 saturated carbocycles. The zero-order valence-electron chi connectivity index (χ0n) is 26.3. The summed E-state index contributed by atoms with van der Waals surface area (Å²) in [5.74, 6) is 1.77. The minimum atomic E-state index is -3.37. The van der Waals surface area contributed by atoms with Crippen LogP contribution in [0.25, 0.3) is 16.5 Å². The van der Waals surface area contributed by atoms with E-state index in [9.17, 15) is 18.0 Å². The molecule has 5 aromatic rings. The summed E-state index contributed by atoms with van der Waals surface area (Å²) < 4.78 is 31.7. The molecule has 46 heavy (non-hydrogen) atoms. The van der Waals surface area contributed by atoms with Gasteiger partial charge < -0.3 is 15.0 Å². The Kier molecular flexibility index (Phi) is 8.70. The van der Waals surface area contributed by atoms with Crippen molar-refractivity contribution in [3.8, 4) is 17.2 Å². The molecule has 3 N–H and O–H groups in total. The van der Waals surface area contributed by atoms with E-state index in [-0.39, 0.29) is 16.3 Å². The van der Waals surface area contributed by atoms with Crippen molar-refractivity contribution in [2.75, 3.05) is 36.3 Å². The van der Waals surface area contributed by atoms with Crippen molar-refractivity contribution in [3.05, 3.63) is 90.8 Å². The Morgan fingerprint density at radius 1 is 0.870 bits per heavy atom. The molecule has 0 fully saturated rings. The van der Waals surface area contributed by atoms with Crippen LogP contribution in [0.3, 0.4) is 0 Å². The molecule has 2 aromatic heterocycles. The molecule has 0 aliphatic heterocycles. The van der Waals surface area contributed by atoms with Gasteiger partial charge in [0, 0.05) is 54.9 Å². The zero-order valence-corrected chi connectivity index (χ0v) is 27.1. The molecule has 0 aliphatic rings. The number of aromatic nitrogens is 3. The Hall–Kier alpha value is -5.43. The van der Waals surface area contributed by atoms with E-state index in [1.807, 2.05) is 45.0 Å². The molecule has 238 valence electrons. The molecular weight excluding hydrogens is 606 g/mol. The number of hydrogen-bond donors (Lipinski definition) is 3. The van der Waals surface area contributed by atoms with Gasteiger partial charge in [-0.1, -0.05) is 45.0 Å². The molecule has 3 aromatic carbocycles. The highest BCUT2D eigenvalue weighted by Gasteiger charge is 2.22. The number of fused-ring (bicyclic) bond motifs is 1. The lowest BCUT2D eigenvalue weighted by Crippen LogP contribution is -2.27. The molecule has 0 aliphatic carbocycles. The van der Waals surface area contributed by atoms with E-state index in [2.05, 4.69) is 20.9 Å². The van der Waals surface area contributed by atoms with Gasteiger partial charge in [-0.25, -0.2) is 27.7 Å². The normalized spacial score (nSPS) is 11.6. The third kappa shape index (κ3) is 7.26. The number of sulfone groups is 1. The number of rotatable bonds is 7. The number of amides is 4. The summed E-state index contributed by atoms with van der Waals surface area (Å²) in [7, 11) is -0.0986. The predicted octanol–water partition coefficient (Wildman–Crippen LogP) is 6.65. The van der Waals surface area contributed by atoms with Crippen LogP contribution in [0.5, 0.6) is 11.5 Å². The van der Waals surface area contributed by atoms with Crippen LogP contribution in [0, 0.1) is 0 Å². The first kappa shape index (κ1) is 32.0. The van der Waals surface area contributed by atoms with E-state index in [1.165, 1.54) is 17.0 Å². The Labute approximate surface area is 267 Å². The second kappa shape index (κ2) is 12.5. The highest BCUT2D eigenvalue weighted by Crippen LogP contribution is 2.35. The maximum Gasteiger partial charge on any atom is 0.324 e. The van der Waals surface area contributed by atoms with E-state index in [0.29, 0.717) is 34.5 Å². The van der Waals surface area contributed by atoms with Crippen LogP contribution in [0.15, 0.2) is 90.0 Å². The fourth-order valence-corrected chi connectivity index (χ4v) is 5.13. The van der Waals surface area contributed by atoms with E-state index in [0.717, 1.165) is 22.7 Å². The van der Waals surface area contributed by atoms with Crippen LogP contribution in [-0.2, 0) is 15.3 Å². The third-order valence-corrected chi connectivity index (χ3v) is 8.09. The quantitative estimate of drug-likeness (QED) is 0.180. The van der Waals surface area contributed by atoms with Crippen molar-refractivity contribution >= 4 is 50.0 Å². The van der Waals surface area contributed by atoms with Gasteiger partial charge >= 0.3 is 12.1 Å². The number of hydrogen-bond acceptors (Lipinski definition) is 7. The van der Waals surface area contributed by atoms with Gasteiger partial charge in [0.2, 0.25) is 0 Å². The van der Waals surface area contributed by atoms with Crippen LogP contribution >= 0.6 is 0 Å². The minimum Gasteiger partial charge on any atom is -0.457 e. The molecule has 0 spiro atoms. The first-order chi connectivity index (χ1) is 21.7. The van der Waals surface area contributed by atoms with Crippen LogP contribution < -0.4 is 20.7 Å². The molecule has 0 atom stereocenters. The Bertz CT molecular complexity index is 2030. The Morgan fingerprint density at radius 3 is 2.22 bits per heavy atom. The standard InChI is InChI=1S/C33H35N7O5S/c1-33(2,3)28-20-30(40(38-28)21-11-13-23(14-12-21)46(6,43)44)37-31(41)35-26-15-16-27(25-10-8-7-9-24(25)26)45-22-17-18-34-29(19-22)36-32(42)39(4)5/h7-20H,1-6H3,(H,34,36,42)(H2,35,37,41). The smallest absolute Gasteiger partial charge is 0.324 e. The highest BCUT2D eigenvalue weighted by molar-refractivity contribution is 7.90. The van der Waals surface area contributed by atoms with Gasteiger partial charge in [0.25, 0.3) is 0 Å². The largest absolute Gasteiger partial charge is 0.457 e. The van der Waals surface area contributed by atoms with Crippen molar-refractivity contribution < 1.29 is 22.7 Å². The monoisotopic (exact) mass is 641 g/mol. The minimum absolute atomic E-state index is 0.187. The van der Waals surface area contributed by atoms with Crippen molar-refractivity contribution in [2.24, 2.45) is 0 Å². The summed E-state index contributed by atoms with van der Waals surface area (Å²) in [5.41, 5.74) is 1.56. The molecule has 2 heterocycles. The fourth-order valence-electron chi connectivity index (χ4n) is 4.50. The van der Waals surface area contributed by atoms with E-state index < -0.39 is 15.9 Å². The van der Waals surface area contributed by atoms with Crippen LogP contribution in [-0.4, -0.2) is 60.5 Å². The summed E-state index contributed by atoms with van der Waals surface area (Å²) in [5, 5.41) is 14.7. The maximum atomic E-state index is 13.4. The summed E-state index contributed by atoms with van der Waals surface area (Å²) in [6.07, 6.45) is 2.69. The number of anilines is 3. The van der Waals surface area contributed by atoms with Crippen molar-refractivity contribution in [2.45, 2.75) is 31.1 Å². The van der Waals surface area contributed by atoms with Gasteiger partial charge in [-0.15, -0.1) is 0 Å². The van der Waals surface area contributed by atoms with Crippen molar-refractivity contribution in [1.82, 2.24) is 19.7 Å². The predicted molar refractivity (Wildman–Crippen MR) is 179 cm³/mol. The van der Waals surface area contributed by atoms with Gasteiger partial charge in [-0.3, -0.25) is 10.6 Å².